The maximum atomic E-state index is 13.5. The van der Waals surface area contributed by atoms with Crippen molar-refractivity contribution >= 4 is 39.1 Å². The molecule has 1 N–H and O–H groups in total. The average Bonchev–Trinajstić information content (AvgIpc) is 3.07. The highest BCUT2D eigenvalue weighted by Crippen LogP contribution is 2.36. The first-order valence-electron chi connectivity index (χ1n) is 7.85. The normalized spacial score (nSPS) is 17.2. The predicted octanol–water partition coefficient (Wildman–Crippen LogP) is 3.76. The maximum Gasteiger partial charge on any atom is 0.338 e. The topological polar surface area (TPSA) is 76.5 Å². The molecule has 1 aliphatic heterocycles. The Morgan fingerprint density at radius 2 is 2.19 bits per heavy atom. The molecule has 1 atom stereocenters. The number of nitrogens with one attached hydrogen (secondary N) is 1. The lowest BCUT2D eigenvalue weighted by molar-refractivity contribution is -0.143. The van der Waals surface area contributed by atoms with Gasteiger partial charge in [0.15, 0.2) is 10.8 Å². The molecule has 0 amide bonds. The summed E-state index contributed by atoms with van der Waals surface area (Å²) in [4.78, 5) is 17.3. The second kappa shape index (κ2) is 7.63. The van der Waals surface area contributed by atoms with E-state index in [1.807, 2.05) is 0 Å². The molecule has 9 heteroatoms. The molecule has 1 aliphatic rings. The lowest BCUT2D eigenvalue weighted by atomic mass is 9.96. The third kappa shape index (κ3) is 3.83. The standard InChI is InChI=1S/C17H16BrFN4O2S/c1-8(2)25-17(24)13-9(3)21-15(16-23-20-7-26-16)22-14(13)11-5-4-10(19)6-12(11)18/h4-8,14H,1-3H3,(H,21,22). The highest BCUT2D eigenvalue weighted by atomic mass is 79.9. The van der Waals surface area contributed by atoms with Crippen molar-refractivity contribution in [3.05, 3.63) is 55.8 Å². The zero-order valence-electron chi connectivity index (χ0n) is 14.3. The van der Waals surface area contributed by atoms with E-state index in [-0.39, 0.29) is 11.9 Å². The van der Waals surface area contributed by atoms with E-state index in [9.17, 15) is 9.18 Å². The summed E-state index contributed by atoms with van der Waals surface area (Å²) in [7, 11) is 0. The number of nitrogens with zero attached hydrogens (tertiary/aromatic N) is 3. The van der Waals surface area contributed by atoms with Crippen LogP contribution in [-0.2, 0) is 9.53 Å². The highest BCUT2D eigenvalue weighted by Gasteiger charge is 2.33. The van der Waals surface area contributed by atoms with Crippen LogP contribution in [0.4, 0.5) is 4.39 Å². The number of aliphatic imine (C=N–C) groups is 1. The van der Waals surface area contributed by atoms with Crippen LogP contribution in [0.25, 0.3) is 0 Å². The van der Waals surface area contributed by atoms with Crippen LogP contribution in [0.2, 0.25) is 0 Å². The number of hydrogen-bond donors (Lipinski definition) is 1. The van der Waals surface area contributed by atoms with Crippen molar-refractivity contribution in [2.75, 3.05) is 0 Å². The predicted molar refractivity (Wildman–Crippen MR) is 100 cm³/mol. The van der Waals surface area contributed by atoms with E-state index in [1.54, 1.807) is 32.3 Å². The fourth-order valence-electron chi connectivity index (χ4n) is 2.55. The van der Waals surface area contributed by atoms with Crippen molar-refractivity contribution in [2.45, 2.75) is 32.9 Å². The van der Waals surface area contributed by atoms with Gasteiger partial charge in [-0.2, -0.15) is 0 Å². The van der Waals surface area contributed by atoms with Crippen LogP contribution in [-0.4, -0.2) is 28.1 Å². The number of hydrogen-bond acceptors (Lipinski definition) is 7. The molecule has 0 aliphatic carbocycles. The van der Waals surface area contributed by atoms with Gasteiger partial charge in [0, 0.05) is 10.2 Å². The first-order chi connectivity index (χ1) is 12.4. The molecule has 26 heavy (non-hydrogen) atoms. The molecule has 1 unspecified atom stereocenters. The van der Waals surface area contributed by atoms with Crippen LogP contribution in [0.3, 0.4) is 0 Å². The SMILES string of the molecule is CC1=C(C(=O)OC(C)C)C(c2ccc(F)cc2Br)N=C(c2nncs2)N1. The molecular formula is C17H16BrFN4O2S. The lowest BCUT2D eigenvalue weighted by Crippen LogP contribution is -2.33. The summed E-state index contributed by atoms with van der Waals surface area (Å²) in [6, 6.07) is 3.63. The van der Waals surface area contributed by atoms with Crippen LogP contribution in [0.15, 0.2) is 44.4 Å². The monoisotopic (exact) mass is 438 g/mol. The van der Waals surface area contributed by atoms with Crippen molar-refractivity contribution in [1.82, 2.24) is 15.5 Å². The largest absolute Gasteiger partial charge is 0.459 e. The van der Waals surface area contributed by atoms with Gasteiger partial charge >= 0.3 is 5.97 Å². The highest BCUT2D eigenvalue weighted by molar-refractivity contribution is 9.10. The van der Waals surface area contributed by atoms with E-state index < -0.39 is 12.0 Å². The molecule has 1 aromatic carbocycles. The number of aromatic nitrogens is 2. The number of halogens is 2. The molecule has 0 radical (unpaired) electrons. The first-order valence-corrected chi connectivity index (χ1v) is 9.52. The van der Waals surface area contributed by atoms with Gasteiger partial charge in [-0.05, 0) is 38.5 Å². The van der Waals surface area contributed by atoms with Gasteiger partial charge in [0.1, 0.15) is 17.4 Å². The fourth-order valence-corrected chi connectivity index (χ4v) is 3.62. The number of allylic oxidation sites excluding steroid dienone is 1. The van der Waals surface area contributed by atoms with Crippen molar-refractivity contribution in [3.8, 4) is 0 Å². The summed E-state index contributed by atoms with van der Waals surface area (Å²) < 4.78 is 19.4. The van der Waals surface area contributed by atoms with E-state index in [1.165, 1.54) is 23.5 Å². The molecule has 0 saturated carbocycles. The van der Waals surface area contributed by atoms with Gasteiger partial charge in [-0.15, -0.1) is 10.2 Å². The third-order valence-corrected chi connectivity index (χ3v) is 5.01. The Bertz CT molecular complexity index is 896. The lowest BCUT2D eigenvalue weighted by Gasteiger charge is -2.26. The van der Waals surface area contributed by atoms with Crippen molar-refractivity contribution < 1.29 is 13.9 Å². The van der Waals surface area contributed by atoms with Gasteiger partial charge in [0.05, 0.1) is 11.7 Å². The Morgan fingerprint density at radius 3 is 2.81 bits per heavy atom. The molecule has 1 aromatic heterocycles. The minimum atomic E-state index is -0.656. The summed E-state index contributed by atoms with van der Waals surface area (Å²) in [6.07, 6.45) is -0.270. The summed E-state index contributed by atoms with van der Waals surface area (Å²) in [5.74, 6) is -0.339. The molecule has 0 bridgehead atoms. The molecule has 0 spiro atoms. The summed E-state index contributed by atoms with van der Waals surface area (Å²) in [5, 5.41) is 11.5. The number of amidine groups is 1. The number of ether oxygens (including phenoxy) is 1. The van der Waals surface area contributed by atoms with E-state index in [0.29, 0.717) is 32.1 Å². The van der Waals surface area contributed by atoms with Gasteiger partial charge in [0.25, 0.3) is 0 Å². The van der Waals surface area contributed by atoms with Crippen molar-refractivity contribution in [3.63, 3.8) is 0 Å². The fraction of sp³-hybridized carbons (Fsp3) is 0.294. The second-order valence-electron chi connectivity index (χ2n) is 5.91. The Kier molecular flexibility index (Phi) is 5.47. The number of carbonyl (C=O) groups is 1. The van der Waals surface area contributed by atoms with Crippen LogP contribution >= 0.6 is 27.3 Å². The van der Waals surface area contributed by atoms with Crippen LogP contribution in [0.5, 0.6) is 0 Å². The number of rotatable bonds is 4. The van der Waals surface area contributed by atoms with Crippen molar-refractivity contribution in [2.24, 2.45) is 4.99 Å². The summed E-state index contributed by atoms with van der Waals surface area (Å²) in [6.45, 7) is 5.34. The van der Waals surface area contributed by atoms with Gasteiger partial charge in [-0.25, -0.2) is 9.18 Å². The Balaban J connectivity index is 2.10. The van der Waals surface area contributed by atoms with E-state index >= 15 is 0 Å². The van der Waals surface area contributed by atoms with E-state index in [0.717, 1.165) is 0 Å². The smallest absolute Gasteiger partial charge is 0.338 e. The first kappa shape index (κ1) is 18.7. The number of carbonyl (C=O) groups excluding carboxylic acids is 1. The van der Waals surface area contributed by atoms with Crippen LogP contribution < -0.4 is 5.32 Å². The van der Waals surface area contributed by atoms with Gasteiger partial charge < -0.3 is 10.1 Å². The van der Waals surface area contributed by atoms with Gasteiger partial charge in [-0.1, -0.05) is 33.3 Å². The molecular weight excluding hydrogens is 423 g/mol. The van der Waals surface area contributed by atoms with E-state index in [4.69, 9.17) is 4.74 Å². The molecule has 3 rings (SSSR count). The minimum Gasteiger partial charge on any atom is -0.459 e. The molecule has 2 aromatic rings. The zero-order valence-corrected chi connectivity index (χ0v) is 16.7. The Hall–Kier alpha value is -2.13. The maximum absolute atomic E-state index is 13.5. The molecule has 0 saturated heterocycles. The Morgan fingerprint density at radius 1 is 1.42 bits per heavy atom. The average molecular weight is 439 g/mol. The van der Waals surface area contributed by atoms with Crippen LogP contribution in [0, 0.1) is 5.82 Å². The van der Waals surface area contributed by atoms with Crippen LogP contribution in [0.1, 0.15) is 37.4 Å². The Labute approximate surface area is 162 Å². The second-order valence-corrected chi connectivity index (χ2v) is 7.60. The molecule has 136 valence electrons. The molecule has 6 nitrogen and oxygen atoms in total. The number of esters is 1. The summed E-state index contributed by atoms with van der Waals surface area (Å²) in [5.41, 5.74) is 3.24. The molecule has 0 fully saturated rings. The minimum absolute atomic E-state index is 0.270. The number of benzene rings is 1. The summed E-state index contributed by atoms with van der Waals surface area (Å²) >= 11 is 4.70. The quantitative estimate of drug-likeness (QED) is 0.735. The zero-order chi connectivity index (χ0) is 18.8. The van der Waals surface area contributed by atoms with Gasteiger partial charge in [-0.3, -0.25) is 4.99 Å². The molecule has 2 heterocycles. The van der Waals surface area contributed by atoms with Crippen molar-refractivity contribution in [1.29, 1.82) is 0 Å². The van der Waals surface area contributed by atoms with E-state index in [2.05, 4.69) is 36.4 Å². The third-order valence-electron chi connectivity index (χ3n) is 3.62. The van der Waals surface area contributed by atoms with Gasteiger partial charge in [0.2, 0.25) is 0 Å².